The first kappa shape index (κ1) is 28.4. The molecule has 3 aromatic rings. The van der Waals surface area contributed by atoms with Crippen molar-refractivity contribution in [3.05, 3.63) is 77.9 Å². The van der Waals surface area contributed by atoms with E-state index in [1.807, 2.05) is 16.7 Å². The van der Waals surface area contributed by atoms with Crippen LogP contribution in [-0.4, -0.2) is 58.1 Å². The van der Waals surface area contributed by atoms with E-state index in [-0.39, 0.29) is 31.0 Å². The molecule has 1 aliphatic heterocycles. The van der Waals surface area contributed by atoms with Crippen LogP contribution in [0.15, 0.2) is 61.1 Å². The van der Waals surface area contributed by atoms with Crippen molar-refractivity contribution >= 4 is 12.1 Å². The van der Waals surface area contributed by atoms with Gasteiger partial charge in [0.15, 0.2) is 17.7 Å². The van der Waals surface area contributed by atoms with E-state index in [2.05, 4.69) is 16.4 Å². The zero-order chi connectivity index (χ0) is 28.7. The maximum absolute atomic E-state index is 13.1. The van der Waals surface area contributed by atoms with Crippen molar-refractivity contribution in [2.24, 2.45) is 0 Å². The number of carbonyl (C=O) groups is 2. The first-order chi connectivity index (χ1) is 19.2. The van der Waals surface area contributed by atoms with E-state index in [9.17, 15) is 22.8 Å². The van der Waals surface area contributed by atoms with Crippen LogP contribution in [0.2, 0.25) is 0 Å². The lowest BCUT2D eigenvalue weighted by molar-refractivity contribution is -0.210. The van der Waals surface area contributed by atoms with Crippen LogP contribution in [0.4, 0.5) is 18.0 Å². The third kappa shape index (κ3) is 6.89. The molecule has 1 N–H and O–H groups in total. The van der Waals surface area contributed by atoms with Crippen molar-refractivity contribution in [3.8, 4) is 17.6 Å². The number of para-hydroxylation sites is 2. The number of aromatic nitrogens is 2. The van der Waals surface area contributed by atoms with Crippen molar-refractivity contribution < 1.29 is 37.0 Å². The number of ether oxygens (including phenoxy) is 3. The van der Waals surface area contributed by atoms with E-state index in [1.54, 1.807) is 49.8 Å². The van der Waals surface area contributed by atoms with Crippen LogP contribution in [0.25, 0.3) is 0 Å². The number of imidazole rings is 1. The zero-order valence-electron chi connectivity index (χ0n) is 21.4. The van der Waals surface area contributed by atoms with Crippen molar-refractivity contribution in [2.75, 3.05) is 13.2 Å². The minimum absolute atomic E-state index is 0.0202. The van der Waals surface area contributed by atoms with E-state index in [0.717, 1.165) is 10.5 Å². The Morgan fingerprint density at radius 1 is 1.15 bits per heavy atom. The van der Waals surface area contributed by atoms with Crippen LogP contribution in [0, 0.1) is 11.3 Å². The van der Waals surface area contributed by atoms with Gasteiger partial charge >= 0.3 is 18.2 Å². The van der Waals surface area contributed by atoms with Gasteiger partial charge in [-0.3, -0.25) is 4.90 Å². The highest BCUT2D eigenvalue weighted by Crippen LogP contribution is 2.30. The number of nitrogens with one attached hydrogen (secondary N) is 1. The highest BCUT2D eigenvalue weighted by atomic mass is 19.4. The van der Waals surface area contributed by atoms with Crippen molar-refractivity contribution in [1.29, 1.82) is 5.26 Å². The maximum Gasteiger partial charge on any atom is 0.491 e. The SMILES string of the molecule is CCOc1ccccc1OC(=O)N1CC[C@H](NCc2cncn2Cc2ccc(C#N)cc2)C1OC(=O)C(F)(F)F. The predicted molar refractivity (Wildman–Crippen MR) is 134 cm³/mol. The lowest BCUT2D eigenvalue weighted by Crippen LogP contribution is -2.49. The average Bonchev–Trinajstić information content (AvgIpc) is 3.55. The van der Waals surface area contributed by atoms with Crippen LogP contribution in [0.1, 0.15) is 30.2 Å². The molecule has 0 saturated carbocycles. The number of nitrogens with zero attached hydrogens (tertiary/aromatic N) is 4. The van der Waals surface area contributed by atoms with Gasteiger partial charge in [-0.15, -0.1) is 0 Å². The molecule has 1 amide bonds. The highest BCUT2D eigenvalue weighted by molar-refractivity contribution is 5.77. The van der Waals surface area contributed by atoms with Crippen molar-refractivity contribution in [2.45, 2.75) is 44.9 Å². The molecule has 2 atom stereocenters. The Hall–Kier alpha value is -4.57. The van der Waals surface area contributed by atoms with Crippen LogP contribution < -0.4 is 14.8 Å². The quantitative estimate of drug-likeness (QED) is 0.393. The van der Waals surface area contributed by atoms with Gasteiger partial charge in [-0.2, -0.15) is 18.4 Å². The van der Waals surface area contributed by atoms with Crippen molar-refractivity contribution in [3.63, 3.8) is 0 Å². The number of hydrogen-bond donors (Lipinski definition) is 1. The Labute approximate surface area is 227 Å². The van der Waals surface area contributed by atoms with Gasteiger partial charge in [-0.1, -0.05) is 24.3 Å². The molecule has 0 aliphatic carbocycles. The first-order valence-corrected chi connectivity index (χ1v) is 12.4. The number of esters is 1. The van der Waals surface area contributed by atoms with Gasteiger partial charge in [-0.05, 0) is 43.2 Å². The minimum Gasteiger partial charge on any atom is -0.490 e. The molecular formula is C27H26F3N5O5. The van der Waals surface area contributed by atoms with Gasteiger partial charge in [-0.25, -0.2) is 14.6 Å². The maximum atomic E-state index is 13.1. The molecule has 1 aliphatic rings. The number of rotatable bonds is 9. The average molecular weight is 558 g/mol. The Kier molecular flexibility index (Phi) is 8.90. The molecule has 10 nitrogen and oxygen atoms in total. The smallest absolute Gasteiger partial charge is 0.490 e. The van der Waals surface area contributed by atoms with E-state index < -0.39 is 30.5 Å². The summed E-state index contributed by atoms with van der Waals surface area (Å²) in [6.07, 6.45) is -4.41. The van der Waals surface area contributed by atoms with E-state index >= 15 is 0 Å². The molecule has 1 saturated heterocycles. The number of amides is 1. The molecule has 1 aromatic heterocycles. The lowest BCUT2D eigenvalue weighted by atomic mass is 10.1. The molecule has 0 bridgehead atoms. The number of alkyl halides is 3. The number of nitriles is 1. The molecule has 0 radical (unpaired) electrons. The van der Waals surface area contributed by atoms with Gasteiger partial charge in [0.05, 0.1) is 36.3 Å². The Morgan fingerprint density at radius 2 is 1.88 bits per heavy atom. The van der Waals surface area contributed by atoms with Gasteiger partial charge in [0.1, 0.15) is 0 Å². The monoisotopic (exact) mass is 557 g/mol. The molecule has 2 aromatic carbocycles. The second-order valence-corrected chi connectivity index (χ2v) is 8.83. The summed E-state index contributed by atoms with van der Waals surface area (Å²) in [6, 6.07) is 14.6. The molecular weight excluding hydrogens is 531 g/mol. The molecule has 2 heterocycles. The topological polar surface area (TPSA) is 119 Å². The number of hydrogen-bond acceptors (Lipinski definition) is 8. The standard InChI is InChI=1S/C27H26F3N5O5/c1-2-38-22-5-3-4-6-23(22)39-26(37)35-12-11-21(24(35)40-25(36)27(28,29)30)33-15-20-14-32-17-34(20)16-19-9-7-18(13-31)8-10-19/h3-10,14,17,21,24,33H,2,11-12,15-16H2,1H3/t21-,24?/m0/s1. The number of halogens is 3. The summed E-state index contributed by atoms with van der Waals surface area (Å²) in [7, 11) is 0. The summed E-state index contributed by atoms with van der Waals surface area (Å²) in [5, 5.41) is 12.1. The summed E-state index contributed by atoms with van der Waals surface area (Å²) in [5.74, 6) is -2.05. The summed E-state index contributed by atoms with van der Waals surface area (Å²) >= 11 is 0. The number of benzene rings is 2. The number of likely N-dealkylation sites (tertiary alicyclic amines) is 1. The van der Waals surface area contributed by atoms with Crippen LogP contribution in [-0.2, 0) is 22.6 Å². The lowest BCUT2D eigenvalue weighted by Gasteiger charge is -2.28. The molecule has 4 rings (SSSR count). The van der Waals surface area contributed by atoms with Gasteiger partial charge in [0.2, 0.25) is 0 Å². The number of carbonyl (C=O) groups excluding carboxylic acids is 2. The van der Waals surface area contributed by atoms with Crippen LogP contribution in [0.3, 0.4) is 0 Å². The Bertz CT molecular complexity index is 1370. The van der Waals surface area contributed by atoms with Crippen LogP contribution >= 0.6 is 0 Å². The first-order valence-electron chi connectivity index (χ1n) is 12.4. The fraction of sp³-hybridized carbons (Fsp3) is 0.333. The predicted octanol–water partition coefficient (Wildman–Crippen LogP) is 4.00. The Morgan fingerprint density at radius 3 is 2.55 bits per heavy atom. The summed E-state index contributed by atoms with van der Waals surface area (Å²) in [4.78, 5) is 29.9. The third-order valence-electron chi connectivity index (χ3n) is 6.15. The zero-order valence-corrected chi connectivity index (χ0v) is 21.4. The molecule has 1 fully saturated rings. The summed E-state index contributed by atoms with van der Waals surface area (Å²) < 4.78 is 56.7. The second-order valence-electron chi connectivity index (χ2n) is 8.83. The molecule has 13 heteroatoms. The molecule has 210 valence electrons. The molecule has 0 spiro atoms. The largest absolute Gasteiger partial charge is 0.491 e. The fourth-order valence-corrected chi connectivity index (χ4v) is 4.20. The van der Waals surface area contributed by atoms with Crippen LogP contribution in [0.5, 0.6) is 11.5 Å². The normalized spacial score (nSPS) is 16.8. The Balaban J connectivity index is 1.47. The molecule has 40 heavy (non-hydrogen) atoms. The second kappa shape index (κ2) is 12.5. The van der Waals surface area contributed by atoms with E-state index in [1.165, 1.54) is 6.07 Å². The van der Waals surface area contributed by atoms with Crippen molar-refractivity contribution in [1.82, 2.24) is 19.8 Å². The fourth-order valence-electron chi connectivity index (χ4n) is 4.20. The van der Waals surface area contributed by atoms with Gasteiger partial charge < -0.3 is 24.1 Å². The van der Waals surface area contributed by atoms with E-state index in [0.29, 0.717) is 24.4 Å². The minimum atomic E-state index is -5.25. The highest BCUT2D eigenvalue weighted by Gasteiger charge is 2.48. The summed E-state index contributed by atoms with van der Waals surface area (Å²) in [6.45, 7) is 2.64. The van der Waals surface area contributed by atoms with E-state index in [4.69, 9.17) is 19.5 Å². The van der Waals surface area contributed by atoms with Gasteiger partial charge in [0, 0.05) is 25.8 Å². The summed E-state index contributed by atoms with van der Waals surface area (Å²) in [5.41, 5.74) is 2.15. The van der Waals surface area contributed by atoms with Gasteiger partial charge in [0.25, 0.3) is 0 Å². The third-order valence-corrected chi connectivity index (χ3v) is 6.15. The molecule has 1 unspecified atom stereocenters.